The molecule has 0 aliphatic heterocycles. The average molecular weight is 592 g/mol. The van der Waals surface area contributed by atoms with Crippen LogP contribution in [0, 0.1) is 39.0 Å². The first-order valence-corrected chi connectivity index (χ1v) is 16.6. The molecule has 0 radical (unpaired) electrons. The Morgan fingerprint density at radius 2 is 1.56 bits per heavy atom. The van der Waals surface area contributed by atoms with Crippen molar-refractivity contribution >= 4 is 27.0 Å². The molecule has 3 aromatic carbocycles. The van der Waals surface area contributed by atoms with E-state index in [0.29, 0.717) is 0 Å². The van der Waals surface area contributed by atoms with Crippen molar-refractivity contribution in [3.05, 3.63) is 113 Å². The van der Waals surface area contributed by atoms with Crippen LogP contribution in [0.3, 0.4) is 0 Å². The van der Waals surface area contributed by atoms with Crippen molar-refractivity contribution in [3.8, 4) is 23.5 Å². The van der Waals surface area contributed by atoms with Crippen LogP contribution in [0.15, 0.2) is 80.4 Å². The van der Waals surface area contributed by atoms with E-state index in [-0.39, 0.29) is 0 Å². The molecule has 2 heteroatoms. The molecule has 0 spiro atoms. The number of nitrogens with one attached hydrogen (secondary N) is 1. The lowest BCUT2D eigenvalue weighted by atomic mass is 9.87. The first kappa shape index (κ1) is 35.8. The molecule has 1 heterocycles. The van der Waals surface area contributed by atoms with Crippen LogP contribution < -0.4 is 5.32 Å². The molecule has 1 fully saturated rings. The van der Waals surface area contributed by atoms with Gasteiger partial charge in [-0.05, 0) is 135 Å². The van der Waals surface area contributed by atoms with Gasteiger partial charge in [-0.2, -0.15) is 0 Å². The van der Waals surface area contributed by atoms with Crippen LogP contribution in [0.2, 0.25) is 0 Å². The van der Waals surface area contributed by atoms with Gasteiger partial charge < -0.3 is 5.32 Å². The Bertz CT molecular complexity index is 1490. The Morgan fingerprint density at radius 1 is 0.907 bits per heavy atom. The number of hydrogen-bond donors (Lipinski definition) is 1. The number of allylic oxidation sites excluding steroid dienone is 1. The highest BCUT2D eigenvalue weighted by Crippen LogP contribution is 2.38. The zero-order chi connectivity index (χ0) is 31.9. The van der Waals surface area contributed by atoms with Crippen molar-refractivity contribution in [2.75, 3.05) is 7.05 Å². The molecule has 1 aliphatic carbocycles. The van der Waals surface area contributed by atoms with Crippen molar-refractivity contribution in [1.82, 2.24) is 5.32 Å². The van der Waals surface area contributed by atoms with Crippen LogP contribution in [0.25, 0.3) is 26.8 Å². The van der Waals surface area contributed by atoms with E-state index in [1.165, 1.54) is 79.6 Å². The zero-order valence-electron chi connectivity index (χ0n) is 27.8. The minimum atomic E-state index is 0.821. The van der Waals surface area contributed by atoms with Crippen LogP contribution in [-0.2, 0) is 6.42 Å². The standard InChI is InChI=1S/C29H26S.C8H17N.C2H6.C2H4/c1-6-23-10-8-11-25(17-23)26-16-13-19(2)24(18-26)15-14-21(4)29-22(5)28-20(3)9-7-12-27(28)30-29;1-7-3-5-8(9-2)6-4-7;2*1-2/h1,7-13,16-18H,4,14-15H2,2-3,5H3;7-9H,3-6H2,1-2H3;1-2H3;1-2H2. The lowest BCUT2D eigenvalue weighted by Crippen LogP contribution is -2.29. The van der Waals surface area contributed by atoms with Gasteiger partial charge in [-0.25, -0.2) is 0 Å². The maximum atomic E-state index is 5.58. The minimum absolute atomic E-state index is 0.821. The van der Waals surface area contributed by atoms with Gasteiger partial charge in [0.15, 0.2) is 0 Å². The van der Waals surface area contributed by atoms with Crippen molar-refractivity contribution in [3.63, 3.8) is 0 Å². The Kier molecular flexibility index (Phi) is 15.3. The summed E-state index contributed by atoms with van der Waals surface area (Å²) in [4.78, 5) is 1.34. The summed E-state index contributed by atoms with van der Waals surface area (Å²) in [5.41, 5.74) is 9.94. The van der Waals surface area contributed by atoms with Gasteiger partial charge in [0, 0.05) is 21.2 Å². The van der Waals surface area contributed by atoms with Gasteiger partial charge in [0.25, 0.3) is 0 Å². The van der Waals surface area contributed by atoms with Gasteiger partial charge in [-0.3, -0.25) is 0 Å². The monoisotopic (exact) mass is 591 g/mol. The number of benzene rings is 3. The molecule has 0 unspecified atom stereocenters. The van der Waals surface area contributed by atoms with E-state index < -0.39 is 0 Å². The van der Waals surface area contributed by atoms with Gasteiger partial charge in [0.1, 0.15) is 0 Å². The normalized spacial score (nSPS) is 15.5. The Morgan fingerprint density at radius 3 is 2.19 bits per heavy atom. The van der Waals surface area contributed by atoms with Gasteiger partial charge in [0.05, 0.1) is 0 Å². The van der Waals surface area contributed by atoms with Crippen LogP contribution in [0.4, 0.5) is 0 Å². The summed E-state index contributed by atoms with van der Waals surface area (Å²) < 4.78 is 1.36. The van der Waals surface area contributed by atoms with E-state index in [0.717, 1.165) is 30.4 Å². The quantitative estimate of drug-likeness (QED) is 0.174. The van der Waals surface area contributed by atoms with Crippen LogP contribution in [0.5, 0.6) is 0 Å². The van der Waals surface area contributed by atoms with Crippen molar-refractivity contribution in [2.24, 2.45) is 5.92 Å². The van der Waals surface area contributed by atoms with E-state index in [9.17, 15) is 0 Å². The average Bonchev–Trinajstić information content (AvgIpc) is 3.40. The SMILES string of the molecule is C#Cc1cccc(-c2ccc(C)c(CCC(=C)c3sc4cccc(C)c4c3C)c2)c1.C=C.CC.CNC1CCC(C)CC1. The molecule has 4 aromatic rings. The van der Waals surface area contributed by atoms with Crippen LogP contribution in [-0.4, -0.2) is 13.1 Å². The lowest BCUT2D eigenvalue weighted by molar-refractivity contribution is 0.319. The second-order valence-corrected chi connectivity index (χ2v) is 12.3. The number of aryl methyl sites for hydroxylation is 4. The van der Waals surface area contributed by atoms with Crippen LogP contribution >= 0.6 is 11.3 Å². The third kappa shape index (κ3) is 9.82. The molecule has 1 aromatic heterocycles. The summed E-state index contributed by atoms with van der Waals surface area (Å²) >= 11 is 1.87. The molecule has 0 amide bonds. The Hall–Kier alpha value is -3.38. The number of fused-ring (bicyclic) bond motifs is 1. The van der Waals surface area contributed by atoms with E-state index in [4.69, 9.17) is 6.42 Å². The fourth-order valence-electron chi connectivity index (χ4n) is 5.70. The van der Waals surface area contributed by atoms with Crippen molar-refractivity contribution in [2.45, 2.75) is 86.1 Å². The molecule has 1 N–H and O–H groups in total. The second-order valence-electron chi connectivity index (χ2n) is 11.2. The first-order chi connectivity index (χ1) is 20.8. The molecule has 1 aliphatic rings. The predicted molar refractivity (Wildman–Crippen MR) is 196 cm³/mol. The summed E-state index contributed by atoms with van der Waals surface area (Å²) in [5.74, 6) is 3.71. The fourth-order valence-corrected chi connectivity index (χ4v) is 6.98. The Balaban J connectivity index is 0.000000418. The number of terminal acetylenes is 1. The number of hydrogen-bond acceptors (Lipinski definition) is 2. The Labute approximate surface area is 267 Å². The molecular formula is C41H53NS. The minimum Gasteiger partial charge on any atom is -0.317 e. The maximum absolute atomic E-state index is 5.58. The molecule has 0 bridgehead atoms. The van der Waals surface area contributed by atoms with E-state index >= 15 is 0 Å². The van der Waals surface area contributed by atoms with Gasteiger partial charge in [0.2, 0.25) is 0 Å². The largest absolute Gasteiger partial charge is 0.317 e. The predicted octanol–water partition coefficient (Wildman–Crippen LogP) is 11.7. The highest BCUT2D eigenvalue weighted by atomic mass is 32.1. The smallest absolute Gasteiger partial charge is 0.0354 e. The second kappa shape index (κ2) is 18.3. The fraction of sp³-hybridized carbons (Fsp3) is 0.366. The van der Waals surface area contributed by atoms with Crippen LogP contribution in [0.1, 0.15) is 85.6 Å². The molecule has 0 atom stereocenters. The maximum Gasteiger partial charge on any atom is 0.0354 e. The first-order valence-electron chi connectivity index (χ1n) is 15.8. The van der Waals surface area contributed by atoms with E-state index in [2.05, 4.69) is 114 Å². The van der Waals surface area contributed by atoms with E-state index in [1.807, 2.05) is 37.3 Å². The third-order valence-electron chi connectivity index (χ3n) is 8.32. The number of rotatable bonds is 6. The summed E-state index contributed by atoms with van der Waals surface area (Å²) in [6, 6.07) is 22.3. The summed E-state index contributed by atoms with van der Waals surface area (Å²) in [6.45, 7) is 23.4. The summed E-state index contributed by atoms with van der Waals surface area (Å²) in [7, 11) is 2.07. The van der Waals surface area contributed by atoms with Gasteiger partial charge in [-0.15, -0.1) is 30.9 Å². The highest BCUT2D eigenvalue weighted by Gasteiger charge is 2.16. The summed E-state index contributed by atoms with van der Waals surface area (Å²) in [5, 5.41) is 4.72. The van der Waals surface area contributed by atoms with E-state index in [1.54, 1.807) is 0 Å². The molecule has 43 heavy (non-hydrogen) atoms. The molecule has 0 saturated heterocycles. The van der Waals surface area contributed by atoms with Gasteiger partial charge in [-0.1, -0.05) is 75.7 Å². The molecule has 228 valence electrons. The molecular weight excluding hydrogens is 539 g/mol. The van der Waals surface area contributed by atoms with Crippen molar-refractivity contribution < 1.29 is 0 Å². The molecule has 1 nitrogen and oxygen atoms in total. The molecule has 5 rings (SSSR count). The van der Waals surface area contributed by atoms with Crippen molar-refractivity contribution in [1.29, 1.82) is 0 Å². The van der Waals surface area contributed by atoms with Gasteiger partial charge >= 0.3 is 0 Å². The third-order valence-corrected chi connectivity index (χ3v) is 9.67. The summed E-state index contributed by atoms with van der Waals surface area (Å²) in [6.07, 6.45) is 13.1. The topological polar surface area (TPSA) is 12.0 Å². The molecule has 1 saturated carbocycles. The highest BCUT2D eigenvalue weighted by molar-refractivity contribution is 7.20. The zero-order valence-corrected chi connectivity index (χ0v) is 28.6. The lowest BCUT2D eigenvalue weighted by Gasteiger charge is -2.25. The number of thiophene rings is 1.